The van der Waals surface area contributed by atoms with Crippen molar-refractivity contribution in [3.8, 4) is 0 Å². The lowest BCUT2D eigenvalue weighted by atomic mass is 10.3. The van der Waals surface area contributed by atoms with E-state index in [2.05, 4.69) is 23.9 Å². The number of nitrogens with zero attached hydrogens (tertiary/aromatic N) is 2. The Labute approximate surface area is 83.2 Å². The van der Waals surface area contributed by atoms with Crippen LogP contribution in [0.3, 0.4) is 0 Å². The lowest BCUT2D eigenvalue weighted by molar-refractivity contribution is -0.677. The molecule has 0 aliphatic rings. The predicted octanol–water partition coefficient (Wildman–Crippen LogP) is 0.741. The summed E-state index contributed by atoms with van der Waals surface area (Å²) in [7, 11) is 0. The number of rotatable bonds is 3. The van der Waals surface area contributed by atoms with Crippen LogP contribution in [0.5, 0.6) is 0 Å². The van der Waals surface area contributed by atoms with E-state index in [4.69, 9.17) is 5.11 Å². The van der Waals surface area contributed by atoms with Crippen LogP contribution in [-0.4, -0.2) is 16.3 Å². The highest BCUT2D eigenvalue weighted by molar-refractivity contribution is 5.71. The Balaban J connectivity index is 2.61. The van der Waals surface area contributed by atoms with Crippen LogP contribution in [0.2, 0.25) is 0 Å². The number of aromatic nitrogens is 2. The van der Waals surface area contributed by atoms with Crippen molar-refractivity contribution in [1.29, 1.82) is 0 Å². The van der Waals surface area contributed by atoms with Crippen LogP contribution in [0.4, 0.5) is 0 Å². The van der Waals surface area contributed by atoms with Gasteiger partial charge in [0.25, 0.3) is 0 Å². The maximum Gasteiger partial charge on any atom is 0.204 e. The molecule has 0 fully saturated rings. The zero-order chi connectivity index (χ0) is 9.97. The minimum atomic E-state index is 0.152. The molecule has 3 heteroatoms. The molecule has 0 spiro atoms. The van der Waals surface area contributed by atoms with Gasteiger partial charge in [0.1, 0.15) is 0 Å². The monoisotopic (exact) mass is 190 g/mol. The van der Waals surface area contributed by atoms with Gasteiger partial charge < -0.3 is 14.2 Å². The third kappa shape index (κ3) is 1.40. The average molecular weight is 190 g/mol. The number of fused-ring (bicyclic) bond motifs is 1. The summed E-state index contributed by atoms with van der Waals surface area (Å²) >= 11 is 0. The van der Waals surface area contributed by atoms with Crippen molar-refractivity contribution in [2.75, 3.05) is 6.61 Å². The quantitative estimate of drug-likeness (QED) is 0.561. The van der Waals surface area contributed by atoms with Crippen LogP contribution in [-0.2, 0) is 13.1 Å². The van der Waals surface area contributed by atoms with E-state index < -0.39 is 0 Å². The molecule has 1 N–H and O–H groups in total. The molecule has 0 atom stereocenters. The first-order valence-electron chi connectivity index (χ1n) is 4.88. The van der Waals surface area contributed by atoms with Crippen molar-refractivity contribution in [3.05, 3.63) is 30.6 Å². The zero-order valence-electron chi connectivity index (χ0n) is 8.27. The van der Waals surface area contributed by atoms with Gasteiger partial charge in [0, 0.05) is 11.0 Å². The summed E-state index contributed by atoms with van der Waals surface area (Å²) in [5.74, 6) is 0. The molecule has 0 aliphatic heterocycles. The molecule has 1 heterocycles. The third-order valence-electron chi connectivity index (χ3n) is 2.34. The smallest absolute Gasteiger partial charge is 0.204 e. The molecule has 1 aromatic heterocycles. The van der Waals surface area contributed by atoms with Crippen LogP contribution < -0.4 is 4.57 Å². The largest absolute Gasteiger partial charge is 0.392 e. The van der Waals surface area contributed by atoms with Gasteiger partial charge in [0.2, 0.25) is 6.33 Å². The Morgan fingerprint density at radius 3 is 2.93 bits per heavy atom. The van der Waals surface area contributed by atoms with Crippen LogP contribution >= 0.6 is 0 Å². The van der Waals surface area contributed by atoms with E-state index in [1.807, 2.05) is 22.8 Å². The number of aryl methyl sites for hydroxylation is 1. The fourth-order valence-electron chi connectivity index (χ4n) is 1.69. The Morgan fingerprint density at radius 1 is 1.43 bits per heavy atom. The van der Waals surface area contributed by atoms with E-state index in [0.717, 1.165) is 12.1 Å². The van der Waals surface area contributed by atoms with Gasteiger partial charge >= 0.3 is 0 Å². The first-order chi connectivity index (χ1) is 6.86. The fraction of sp³-hybridized carbons (Fsp3) is 0.364. The third-order valence-corrected chi connectivity index (χ3v) is 2.34. The standard InChI is InChI=1S/C11H14N2O/c1-2-12-9-13(7-8-14)11-6-4-3-5-10(11)12/h3-6,14H,2,7-8H2,1H3. The van der Waals surface area contributed by atoms with Crippen LogP contribution in [0.25, 0.3) is 11.0 Å². The van der Waals surface area contributed by atoms with Gasteiger partial charge in [-0.2, -0.15) is 0 Å². The highest BCUT2D eigenvalue weighted by Crippen LogP contribution is 2.09. The van der Waals surface area contributed by atoms with Crippen molar-refractivity contribution in [3.63, 3.8) is 0 Å². The number of imidazole rings is 1. The second kappa shape index (κ2) is 3.80. The Morgan fingerprint density at radius 2 is 2.21 bits per heavy atom. The van der Waals surface area contributed by atoms with Crippen molar-refractivity contribution < 1.29 is 9.67 Å². The zero-order valence-corrected chi connectivity index (χ0v) is 8.27. The van der Waals surface area contributed by atoms with Gasteiger partial charge in [-0.1, -0.05) is 24.3 Å². The summed E-state index contributed by atoms with van der Waals surface area (Å²) in [6.45, 7) is 3.75. The van der Waals surface area contributed by atoms with Crippen molar-refractivity contribution in [2.24, 2.45) is 0 Å². The van der Waals surface area contributed by atoms with E-state index >= 15 is 0 Å². The Kier molecular flexibility index (Phi) is 2.50. The molecule has 0 radical (unpaired) electrons. The number of benzene rings is 1. The van der Waals surface area contributed by atoms with Gasteiger partial charge in [-0.05, 0) is 6.92 Å². The van der Waals surface area contributed by atoms with Crippen LogP contribution in [0, 0.1) is 6.33 Å². The maximum atomic E-state index is 8.91. The maximum absolute atomic E-state index is 8.91. The van der Waals surface area contributed by atoms with Gasteiger partial charge in [-0.25, -0.2) is 0 Å². The Bertz CT molecular complexity index is 434. The first-order valence-corrected chi connectivity index (χ1v) is 4.88. The molecule has 2 aromatic rings. The molecule has 0 amide bonds. The first kappa shape index (κ1) is 9.21. The molecular formula is C11H14N2O. The molecule has 0 aliphatic carbocycles. The summed E-state index contributed by atoms with van der Waals surface area (Å²) in [5, 5.41) is 8.91. The highest BCUT2D eigenvalue weighted by atomic mass is 16.3. The van der Waals surface area contributed by atoms with E-state index in [1.54, 1.807) is 0 Å². The Hall–Kier alpha value is -1.35. The van der Waals surface area contributed by atoms with Gasteiger partial charge in [-0.15, -0.1) is 0 Å². The highest BCUT2D eigenvalue weighted by Gasteiger charge is 2.02. The second-order valence-corrected chi connectivity index (χ2v) is 3.21. The van der Waals surface area contributed by atoms with Crippen molar-refractivity contribution in [1.82, 2.24) is 4.57 Å². The second-order valence-electron chi connectivity index (χ2n) is 3.21. The van der Waals surface area contributed by atoms with E-state index in [9.17, 15) is 0 Å². The van der Waals surface area contributed by atoms with Gasteiger partial charge in [0.05, 0.1) is 19.7 Å². The molecule has 1 aromatic carbocycles. The SMILES string of the molecule is CCn1[c-][n+](CCO)c2ccccc21. The van der Waals surface area contributed by atoms with E-state index in [1.165, 1.54) is 5.52 Å². The number of aliphatic hydroxyl groups is 1. The summed E-state index contributed by atoms with van der Waals surface area (Å²) in [5.41, 5.74) is 2.30. The van der Waals surface area contributed by atoms with Crippen LogP contribution in [0.15, 0.2) is 24.3 Å². The lowest BCUT2D eigenvalue weighted by Crippen LogP contribution is -2.34. The van der Waals surface area contributed by atoms with E-state index in [-0.39, 0.29) is 6.61 Å². The minimum absolute atomic E-state index is 0.152. The van der Waals surface area contributed by atoms with Crippen molar-refractivity contribution >= 4 is 11.0 Å². The van der Waals surface area contributed by atoms with Crippen molar-refractivity contribution in [2.45, 2.75) is 20.0 Å². The van der Waals surface area contributed by atoms with E-state index in [0.29, 0.717) is 6.54 Å². The van der Waals surface area contributed by atoms with Gasteiger partial charge in [0.15, 0.2) is 0 Å². The molecule has 0 unspecified atom stereocenters. The summed E-state index contributed by atoms with van der Waals surface area (Å²) < 4.78 is 4.02. The summed E-state index contributed by atoms with van der Waals surface area (Å²) in [6, 6.07) is 8.15. The average Bonchev–Trinajstić information content (AvgIpc) is 2.58. The summed E-state index contributed by atoms with van der Waals surface area (Å²) in [4.78, 5) is 0. The molecule has 74 valence electrons. The normalized spacial score (nSPS) is 11.0. The summed E-state index contributed by atoms with van der Waals surface area (Å²) in [6.07, 6.45) is 3.21. The van der Waals surface area contributed by atoms with Crippen LogP contribution in [0.1, 0.15) is 6.92 Å². The topological polar surface area (TPSA) is 29.0 Å². The number of hydrogen-bond donors (Lipinski definition) is 1. The number of aliphatic hydroxyl groups excluding tert-OH is 1. The molecular weight excluding hydrogens is 176 g/mol. The molecule has 0 bridgehead atoms. The van der Waals surface area contributed by atoms with Gasteiger partial charge in [-0.3, -0.25) is 0 Å². The molecule has 2 rings (SSSR count). The molecule has 14 heavy (non-hydrogen) atoms. The predicted molar refractivity (Wildman–Crippen MR) is 53.7 cm³/mol. The lowest BCUT2D eigenvalue weighted by Gasteiger charge is -2.00. The molecule has 0 saturated heterocycles. The minimum Gasteiger partial charge on any atom is -0.392 e. The number of para-hydroxylation sites is 2. The molecule has 3 nitrogen and oxygen atoms in total. The molecule has 0 saturated carbocycles. The number of hydrogen-bond acceptors (Lipinski definition) is 1. The fourth-order valence-corrected chi connectivity index (χ4v) is 1.69.